The van der Waals surface area contributed by atoms with Gasteiger partial charge < -0.3 is 5.32 Å². The van der Waals surface area contributed by atoms with E-state index in [0.29, 0.717) is 23.9 Å². The fourth-order valence-electron chi connectivity index (χ4n) is 5.19. The summed E-state index contributed by atoms with van der Waals surface area (Å²) in [5.74, 6) is 0.783. The predicted molar refractivity (Wildman–Crippen MR) is 120 cm³/mol. The Kier molecular flexibility index (Phi) is 4.91. The van der Waals surface area contributed by atoms with E-state index in [1.165, 1.54) is 41.4 Å². The van der Waals surface area contributed by atoms with Crippen LogP contribution in [0.25, 0.3) is 0 Å². The highest BCUT2D eigenvalue weighted by atomic mass is 32.2. The molecule has 1 unspecified atom stereocenters. The summed E-state index contributed by atoms with van der Waals surface area (Å²) in [4.78, 5) is 12.9. The summed E-state index contributed by atoms with van der Waals surface area (Å²) in [6, 6.07) is 23.3. The van der Waals surface area contributed by atoms with E-state index >= 15 is 0 Å². The number of carbonyl (C=O) groups is 1. The summed E-state index contributed by atoms with van der Waals surface area (Å²) < 4.78 is 26.0. The molecule has 3 aromatic rings. The van der Waals surface area contributed by atoms with Crippen LogP contribution in [-0.2, 0) is 10.0 Å². The highest BCUT2D eigenvalue weighted by molar-refractivity contribution is 7.89. The van der Waals surface area contributed by atoms with Gasteiger partial charge in [-0.25, -0.2) is 13.1 Å². The maximum atomic E-state index is 12.7. The first-order valence-electron chi connectivity index (χ1n) is 10.5. The molecule has 0 heterocycles. The lowest BCUT2D eigenvalue weighted by atomic mass is 9.59. The SMILES string of the molecule is CNS(=O)(=O)c1ccc(C(=O)NCC2CC3c4ccccc4C2c2ccccc23)cc1. The molecule has 1 atom stereocenters. The van der Waals surface area contributed by atoms with Crippen molar-refractivity contribution in [3.8, 4) is 0 Å². The zero-order valence-corrected chi connectivity index (χ0v) is 18.0. The van der Waals surface area contributed by atoms with Crippen LogP contribution in [0.15, 0.2) is 77.7 Å². The van der Waals surface area contributed by atoms with Crippen LogP contribution in [-0.4, -0.2) is 27.9 Å². The van der Waals surface area contributed by atoms with Gasteiger partial charge in [0.05, 0.1) is 4.90 Å². The van der Waals surface area contributed by atoms with E-state index in [2.05, 4.69) is 58.6 Å². The highest BCUT2D eigenvalue weighted by Crippen LogP contribution is 2.55. The molecular formula is C25H24N2O3S. The van der Waals surface area contributed by atoms with Gasteiger partial charge in [0.25, 0.3) is 5.91 Å². The summed E-state index contributed by atoms with van der Waals surface area (Å²) in [5.41, 5.74) is 6.03. The Morgan fingerprint density at radius 1 is 0.871 bits per heavy atom. The second-order valence-electron chi connectivity index (χ2n) is 8.23. The van der Waals surface area contributed by atoms with Crippen molar-refractivity contribution in [2.24, 2.45) is 5.92 Å². The number of fused-ring (bicyclic) bond motifs is 1. The lowest BCUT2D eigenvalue weighted by Gasteiger charge is -2.45. The molecule has 5 nitrogen and oxygen atoms in total. The molecule has 6 rings (SSSR count). The van der Waals surface area contributed by atoms with E-state index in [0.717, 1.165) is 6.42 Å². The normalized spacial score (nSPS) is 21.3. The molecule has 0 saturated heterocycles. The molecule has 0 aromatic heterocycles. The van der Waals surface area contributed by atoms with Crippen LogP contribution in [0.3, 0.4) is 0 Å². The third-order valence-corrected chi connectivity index (χ3v) is 8.07. The van der Waals surface area contributed by atoms with Crippen LogP contribution in [0, 0.1) is 5.92 Å². The van der Waals surface area contributed by atoms with Crippen molar-refractivity contribution in [3.63, 3.8) is 0 Å². The van der Waals surface area contributed by atoms with Crippen LogP contribution in [0.2, 0.25) is 0 Å². The van der Waals surface area contributed by atoms with Crippen molar-refractivity contribution in [3.05, 3.63) is 101 Å². The Balaban J connectivity index is 1.35. The smallest absolute Gasteiger partial charge is 0.251 e. The van der Waals surface area contributed by atoms with Gasteiger partial charge in [0.2, 0.25) is 10.0 Å². The fourth-order valence-corrected chi connectivity index (χ4v) is 5.92. The zero-order chi connectivity index (χ0) is 21.6. The van der Waals surface area contributed by atoms with Gasteiger partial charge in [-0.2, -0.15) is 0 Å². The van der Waals surface area contributed by atoms with Crippen molar-refractivity contribution in [1.29, 1.82) is 0 Å². The van der Waals surface area contributed by atoms with Crippen molar-refractivity contribution < 1.29 is 13.2 Å². The molecule has 0 spiro atoms. The largest absolute Gasteiger partial charge is 0.352 e. The second kappa shape index (κ2) is 7.62. The summed E-state index contributed by atoms with van der Waals surface area (Å²) in [6.07, 6.45) is 1.01. The first-order valence-corrected chi connectivity index (χ1v) is 12.0. The van der Waals surface area contributed by atoms with Crippen molar-refractivity contribution in [2.75, 3.05) is 13.6 Å². The minimum Gasteiger partial charge on any atom is -0.352 e. The Morgan fingerprint density at radius 2 is 1.42 bits per heavy atom. The molecule has 3 aromatic carbocycles. The van der Waals surface area contributed by atoms with E-state index in [1.54, 1.807) is 12.1 Å². The number of hydrogen-bond donors (Lipinski definition) is 2. The Hall–Kier alpha value is -2.96. The maximum absolute atomic E-state index is 12.7. The average molecular weight is 433 g/mol. The van der Waals surface area contributed by atoms with Gasteiger partial charge in [-0.1, -0.05) is 48.5 Å². The van der Waals surface area contributed by atoms with Gasteiger partial charge in [-0.3, -0.25) is 4.79 Å². The number of benzene rings is 3. The molecule has 0 aliphatic heterocycles. The van der Waals surface area contributed by atoms with E-state index < -0.39 is 10.0 Å². The molecule has 3 aliphatic rings. The van der Waals surface area contributed by atoms with Gasteiger partial charge in [-0.05, 0) is 65.9 Å². The first-order chi connectivity index (χ1) is 15.0. The Bertz CT molecular complexity index is 1200. The quantitative estimate of drug-likeness (QED) is 0.647. The summed E-state index contributed by atoms with van der Waals surface area (Å²) in [5, 5.41) is 3.08. The van der Waals surface area contributed by atoms with E-state index in [-0.39, 0.29) is 16.7 Å². The zero-order valence-electron chi connectivity index (χ0n) is 17.2. The number of amides is 1. The topological polar surface area (TPSA) is 75.3 Å². The van der Waals surface area contributed by atoms with Gasteiger partial charge >= 0.3 is 0 Å². The number of hydrogen-bond acceptors (Lipinski definition) is 3. The number of rotatable bonds is 5. The Morgan fingerprint density at radius 3 is 1.97 bits per heavy atom. The summed E-state index contributed by atoms with van der Waals surface area (Å²) in [6.45, 7) is 0.583. The summed E-state index contributed by atoms with van der Waals surface area (Å²) in [7, 11) is -2.15. The molecule has 6 heteroatoms. The van der Waals surface area contributed by atoms with E-state index in [4.69, 9.17) is 0 Å². The fraction of sp³-hybridized carbons (Fsp3) is 0.240. The third kappa shape index (κ3) is 3.36. The molecule has 3 aliphatic carbocycles. The second-order valence-corrected chi connectivity index (χ2v) is 10.1. The monoisotopic (exact) mass is 432 g/mol. The van der Waals surface area contributed by atoms with Crippen molar-refractivity contribution in [2.45, 2.75) is 23.2 Å². The van der Waals surface area contributed by atoms with Crippen LogP contribution >= 0.6 is 0 Å². The van der Waals surface area contributed by atoms with Crippen LogP contribution in [0.5, 0.6) is 0 Å². The molecule has 158 valence electrons. The molecule has 0 saturated carbocycles. The lowest BCUT2D eigenvalue weighted by molar-refractivity contribution is 0.0943. The van der Waals surface area contributed by atoms with E-state index in [1.807, 2.05) is 0 Å². The first kappa shape index (κ1) is 20.0. The van der Waals surface area contributed by atoms with Crippen LogP contribution in [0.1, 0.15) is 50.9 Å². The number of nitrogens with one attached hydrogen (secondary N) is 2. The van der Waals surface area contributed by atoms with Gasteiger partial charge in [0, 0.05) is 23.9 Å². The van der Waals surface area contributed by atoms with Crippen molar-refractivity contribution in [1.82, 2.24) is 10.0 Å². The summed E-state index contributed by atoms with van der Waals surface area (Å²) >= 11 is 0. The third-order valence-electron chi connectivity index (χ3n) is 6.64. The van der Waals surface area contributed by atoms with Gasteiger partial charge in [-0.15, -0.1) is 0 Å². The maximum Gasteiger partial charge on any atom is 0.251 e. The van der Waals surface area contributed by atoms with Crippen LogP contribution < -0.4 is 10.0 Å². The molecular weight excluding hydrogens is 408 g/mol. The molecule has 2 bridgehead atoms. The van der Waals surface area contributed by atoms with Crippen molar-refractivity contribution >= 4 is 15.9 Å². The molecule has 0 fully saturated rings. The number of carbonyl (C=O) groups excluding carboxylic acids is 1. The minimum absolute atomic E-state index is 0.143. The molecule has 0 radical (unpaired) electrons. The average Bonchev–Trinajstić information content (AvgIpc) is 2.82. The number of sulfonamides is 1. The molecule has 2 N–H and O–H groups in total. The molecule has 31 heavy (non-hydrogen) atoms. The van der Waals surface area contributed by atoms with E-state index in [9.17, 15) is 13.2 Å². The van der Waals surface area contributed by atoms with Gasteiger partial charge in [0.1, 0.15) is 0 Å². The molecule has 1 amide bonds. The van der Waals surface area contributed by atoms with Gasteiger partial charge in [0.15, 0.2) is 0 Å². The van der Waals surface area contributed by atoms with Crippen LogP contribution in [0.4, 0.5) is 0 Å². The lowest BCUT2D eigenvalue weighted by Crippen LogP contribution is -2.39. The highest BCUT2D eigenvalue weighted by Gasteiger charge is 2.42. The minimum atomic E-state index is -3.51. The predicted octanol–water partition coefficient (Wildman–Crippen LogP) is 3.62. The Labute approximate surface area is 182 Å². The standard InChI is InChI=1S/C25H24N2O3S/c1-26-31(29,30)18-12-10-16(11-13-18)25(28)27-15-17-14-23-19-6-2-4-8-21(19)24(17)22-9-5-3-7-20(22)23/h2-13,17,23-24,26H,14-15H2,1H3,(H,27,28).